The van der Waals surface area contributed by atoms with Gasteiger partial charge in [0.05, 0.1) is 6.61 Å². The molecule has 0 aliphatic carbocycles. The highest BCUT2D eigenvalue weighted by molar-refractivity contribution is 5.33. The molecule has 0 unspecified atom stereocenters. The van der Waals surface area contributed by atoms with Crippen molar-refractivity contribution in [2.45, 2.75) is 19.3 Å². The molecule has 0 amide bonds. The average molecular weight is 229 g/mol. The zero-order valence-corrected chi connectivity index (χ0v) is 10.5. The first kappa shape index (κ1) is 13.7. The van der Waals surface area contributed by atoms with Crippen LogP contribution in [-0.4, -0.2) is 38.3 Å². The minimum Gasteiger partial charge on any atom is -0.383 e. The Morgan fingerprint density at radius 1 is 1.24 bits per heavy atom. The number of methoxy groups -OCH3 is 1. The maximum absolute atomic E-state index is 5.08. The molecule has 1 heterocycles. The van der Waals surface area contributed by atoms with Gasteiger partial charge >= 0.3 is 0 Å². The third-order valence-corrected chi connectivity index (χ3v) is 3.00. The molecule has 0 aromatic carbocycles. The maximum Gasteiger partial charge on any atom is 0.0589 e. The lowest BCUT2D eigenvalue weighted by molar-refractivity contribution is 0.121. The molecule has 1 aliphatic rings. The normalized spacial score (nSPS) is 16.2. The summed E-state index contributed by atoms with van der Waals surface area (Å²) in [5.41, 5.74) is 0. The topological polar surface area (TPSA) is 12.5 Å². The molecule has 0 spiro atoms. The Morgan fingerprint density at radius 3 is 2.65 bits per heavy atom. The molecule has 1 fully saturated rings. The highest BCUT2D eigenvalue weighted by Gasteiger charge is 2.17. The van der Waals surface area contributed by atoms with Gasteiger partial charge in [-0.1, -0.05) is 5.92 Å². The van der Waals surface area contributed by atoms with Crippen molar-refractivity contribution in [1.29, 1.82) is 0 Å². The van der Waals surface area contributed by atoms with E-state index in [2.05, 4.69) is 34.5 Å². The van der Waals surface area contributed by atoms with Gasteiger partial charge in [0.1, 0.15) is 0 Å². The molecule has 1 saturated heterocycles. The second kappa shape index (κ2) is 8.72. The Bertz CT molecular complexity index is 364. The summed E-state index contributed by atoms with van der Waals surface area (Å²) in [6.07, 6.45) is 8.39. The van der Waals surface area contributed by atoms with Crippen molar-refractivity contribution in [2.75, 3.05) is 33.4 Å². The first-order valence-electron chi connectivity index (χ1n) is 6.01. The summed E-state index contributed by atoms with van der Waals surface area (Å²) in [5, 5.41) is 0. The van der Waals surface area contributed by atoms with Gasteiger partial charge in [0.15, 0.2) is 0 Å². The summed E-state index contributed by atoms with van der Waals surface area (Å²) in [4.78, 5) is 2.45. The molecule has 0 aromatic heterocycles. The van der Waals surface area contributed by atoms with E-state index >= 15 is 0 Å². The van der Waals surface area contributed by atoms with E-state index in [1.807, 2.05) is 0 Å². The van der Waals surface area contributed by atoms with Crippen LogP contribution in [-0.2, 0) is 4.74 Å². The lowest BCUT2D eigenvalue weighted by atomic mass is 9.94. The van der Waals surface area contributed by atoms with E-state index in [1.54, 1.807) is 7.11 Å². The van der Waals surface area contributed by atoms with Gasteiger partial charge in [-0.05, 0) is 55.5 Å². The van der Waals surface area contributed by atoms with E-state index in [9.17, 15) is 0 Å². The van der Waals surface area contributed by atoms with E-state index in [4.69, 9.17) is 11.2 Å². The van der Waals surface area contributed by atoms with Crippen molar-refractivity contribution in [1.82, 2.24) is 4.90 Å². The standard InChI is InChI=1S/C15H19NO/c1-3-4-5-6-7-8-15-9-11-16(12-10-15)13-14-17-2/h1,15H,8-14H2,2H3. The predicted octanol–water partition coefficient (Wildman–Crippen LogP) is 1.37. The molecule has 0 atom stereocenters. The van der Waals surface area contributed by atoms with Gasteiger partial charge < -0.3 is 9.64 Å². The number of ether oxygens (including phenoxy) is 1. The van der Waals surface area contributed by atoms with Crippen LogP contribution >= 0.6 is 0 Å². The lowest BCUT2D eigenvalue weighted by Crippen LogP contribution is -2.35. The second-order valence-electron chi connectivity index (χ2n) is 4.18. The summed E-state index contributed by atoms with van der Waals surface area (Å²) in [6.45, 7) is 4.19. The zero-order valence-electron chi connectivity index (χ0n) is 10.5. The van der Waals surface area contributed by atoms with Crippen LogP contribution in [0, 0.1) is 41.9 Å². The van der Waals surface area contributed by atoms with E-state index in [1.165, 1.54) is 12.8 Å². The Morgan fingerprint density at radius 2 is 2.00 bits per heavy atom. The van der Waals surface area contributed by atoms with Gasteiger partial charge in [0.25, 0.3) is 0 Å². The van der Waals surface area contributed by atoms with E-state index in [-0.39, 0.29) is 0 Å². The fraction of sp³-hybridized carbons (Fsp3) is 0.600. The average Bonchev–Trinajstić information content (AvgIpc) is 2.37. The molecule has 1 rings (SSSR count). The summed E-state index contributed by atoms with van der Waals surface area (Å²) < 4.78 is 5.08. The molecule has 0 bridgehead atoms. The van der Waals surface area contributed by atoms with Crippen LogP contribution in [0.3, 0.4) is 0 Å². The van der Waals surface area contributed by atoms with Crippen LogP contribution in [0.1, 0.15) is 19.3 Å². The molecule has 17 heavy (non-hydrogen) atoms. The highest BCUT2D eigenvalue weighted by atomic mass is 16.5. The van der Waals surface area contributed by atoms with E-state index in [0.717, 1.165) is 32.7 Å². The van der Waals surface area contributed by atoms with E-state index < -0.39 is 0 Å². The Labute approximate surface area is 105 Å². The maximum atomic E-state index is 5.08. The number of likely N-dealkylation sites (tertiary alicyclic amines) is 1. The second-order valence-corrected chi connectivity index (χ2v) is 4.18. The van der Waals surface area contributed by atoms with Crippen LogP contribution < -0.4 is 0 Å². The van der Waals surface area contributed by atoms with Gasteiger partial charge in [-0.2, -0.15) is 0 Å². The van der Waals surface area contributed by atoms with Crippen LogP contribution in [0.15, 0.2) is 0 Å². The number of piperidine rings is 1. The molecule has 0 N–H and O–H groups in total. The van der Waals surface area contributed by atoms with Gasteiger partial charge in [0, 0.05) is 20.1 Å². The summed E-state index contributed by atoms with van der Waals surface area (Å²) in [5.74, 6) is 14.0. The quantitative estimate of drug-likeness (QED) is 0.675. The fourth-order valence-electron chi connectivity index (χ4n) is 1.94. The van der Waals surface area contributed by atoms with Crippen molar-refractivity contribution in [3.63, 3.8) is 0 Å². The number of rotatable bonds is 4. The highest BCUT2D eigenvalue weighted by Crippen LogP contribution is 2.19. The zero-order chi connectivity index (χ0) is 12.3. The molecule has 2 nitrogen and oxygen atoms in total. The van der Waals surface area contributed by atoms with Crippen LogP contribution in [0.4, 0.5) is 0 Å². The molecule has 0 aromatic rings. The number of nitrogens with zero attached hydrogens (tertiary/aromatic N) is 1. The smallest absolute Gasteiger partial charge is 0.0589 e. The molecule has 1 aliphatic heterocycles. The van der Waals surface area contributed by atoms with Crippen LogP contribution in [0.25, 0.3) is 0 Å². The van der Waals surface area contributed by atoms with Gasteiger partial charge in [-0.3, -0.25) is 0 Å². The molecule has 0 radical (unpaired) electrons. The molecule has 90 valence electrons. The van der Waals surface area contributed by atoms with Crippen molar-refractivity contribution >= 4 is 0 Å². The number of terminal acetylenes is 1. The number of hydrogen-bond donors (Lipinski definition) is 0. The third-order valence-electron chi connectivity index (χ3n) is 3.00. The largest absolute Gasteiger partial charge is 0.383 e. The molecular formula is C15H19NO. The van der Waals surface area contributed by atoms with Crippen molar-refractivity contribution < 1.29 is 4.74 Å². The number of hydrogen-bond acceptors (Lipinski definition) is 2. The first-order valence-corrected chi connectivity index (χ1v) is 6.01. The minimum absolute atomic E-state index is 0.717. The predicted molar refractivity (Wildman–Crippen MR) is 70.0 cm³/mol. The summed E-state index contributed by atoms with van der Waals surface area (Å²) in [6, 6.07) is 0. The Hall–Kier alpha value is -1.40. The molecule has 2 heteroatoms. The Kier molecular flexibility index (Phi) is 7.01. The summed E-state index contributed by atoms with van der Waals surface area (Å²) >= 11 is 0. The third kappa shape index (κ3) is 6.03. The van der Waals surface area contributed by atoms with Crippen molar-refractivity contribution in [2.24, 2.45) is 5.92 Å². The van der Waals surface area contributed by atoms with Crippen LogP contribution in [0.2, 0.25) is 0 Å². The Balaban J connectivity index is 2.18. The lowest BCUT2D eigenvalue weighted by Gasteiger charge is -2.30. The fourth-order valence-corrected chi connectivity index (χ4v) is 1.94. The van der Waals surface area contributed by atoms with Gasteiger partial charge in [0.2, 0.25) is 0 Å². The molecule has 0 saturated carbocycles. The van der Waals surface area contributed by atoms with Gasteiger partial charge in [-0.15, -0.1) is 6.42 Å². The molecular weight excluding hydrogens is 210 g/mol. The van der Waals surface area contributed by atoms with Crippen molar-refractivity contribution in [3.8, 4) is 36.0 Å². The van der Waals surface area contributed by atoms with E-state index in [0.29, 0.717) is 5.92 Å². The summed E-state index contributed by atoms with van der Waals surface area (Å²) in [7, 11) is 1.75. The first-order chi connectivity index (χ1) is 8.36. The van der Waals surface area contributed by atoms with Crippen LogP contribution in [0.5, 0.6) is 0 Å². The SMILES string of the molecule is C#CC#CC#CCC1CCN(CCOC)CC1. The van der Waals surface area contributed by atoms with Gasteiger partial charge in [-0.25, -0.2) is 0 Å². The monoisotopic (exact) mass is 229 g/mol. The minimum atomic E-state index is 0.717. The van der Waals surface area contributed by atoms with Crippen molar-refractivity contribution in [3.05, 3.63) is 0 Å².